The predicted octanol–water partition coefficient (Wildman–Crippen LogP) is 1.16. The molecule has 0 bridgehead atoms. The van der Waals surface area contributed by atoms with Crippen molar-refractivity contribution >= 4 is 11.5 Å². The van der Waals surface area contributed by atoms with Crippen molar-refractivity contribution in [3.05, 3.63) is 24.8 Å². The molecular weight excluding hydrogens is 244 g/mol. The molecule has 3 N–H and O–H groups in total. The molecule has 0 unspecified atom stereocenters. The molecule has 0 amide bonds. The fourth-order valence-electron chi connectivity index (χ4n) is 1.51. The molecule has 2 aromatic heterocycles. The Morgan fingerprint density at radius 1 is 1.37 bits per heavy atom. The number of anilines is 2. The van der Waals surface area contributed by atoms with Gasteiger partial charge in [-0.05, 0) is 6.42 Å². The molecule has 0 aliphatic carbocycles. The molecule has 0 fully saturated rings. The Hall–Kier alpha value is -2.31. The molecule has 0 spiro atoms. The van der Waals surface area contributed by atoms with Gasteiger partial charge in [0.1, 0.15) is 5.82 Å². The van der Waals surface area contributed by atoms with Crippen LogP contribution in [0.5, 0.6) is 5.88 Å². The number of nitrogens with one attached hydrogen (secondary N) is 1. The van der Waals surface area contributed by atoms with Crippen molar-refractivity contribution in [2.45, 2.75) is 19.9 Å². The molecule has 102 valence electrons. The lowest BCUT2D eigenvalue weighted by Gasteiger charge is -2.07. The van der Waals surface area contributed by atoms with Crippen LogP contribution >= 0.6 is 0 Å². The minimum atomic E-state index is 0.537. The van der Waals surface area contributed by atoms with Crippen LogP contribution in [0.4, 0.5) is 11.5 Å². The maximum absolute atomic E-state index is 5.59. The molecule has 0 saturated heterocycles. The van der Waals surface area contributed by atoms with E-state index >= 15 is 0 Å². The summed E-state index contributed by atoms with van der Waals surface area (Å²) < 4.78 is 7.19. The van der Waals surface area contributed by atoms with Gasteiger partial charge in [-0.25, -0.2) is 0 Å². The summed E-state index contributed by atoms with van der Waals surface area (Å²) in [5.74, 6) is 1.23. The quantitative estimate of drug-likeness (QED) is 0.778. The van der Waals surface area contributed by atoms with Crippen molar-refractivity contribution in [1.82, 2.24) is 19.7 Å². The number of hydrogen-bond donors (Lipinski definition) is 2. The van der Waals surface area contributed by atoms with Crippen molar-refractivity contribution in [2.24, 2.45) is 0 Å². The van der Waals surface area contributed by atoms with Crippen LogP contribution in [0.1, 0.15) is 13.3 Å². The van der Waals surface area contributed by atoms with E-state index in [0.29, 0.717) is 37.1 Å². The van der Waals surface area contributed by atoms with Gasteiger partial charge >= 0.3 is 0 Å². The van der Waals surface area contributed by atoms with Crippen LogP contribution in [0.3, 0.4) is 0 Å². The zero-order valence-electron chi connectivity index (χ0n) is 10.9. The van der Waals surface area contributed by atoms with Crippen molar-refractivity contribution in [1.29, 1.82) is 0 Å². The first-order chi connectivity index (χ1) is 9.28. The summed E-state index contributed by atoms with van der Waals surface area (Å²) in [7, 11) is 0. The van der Waals surface area contributed by atoms with E-state index in [1.165, 1.54) is 0 Å². The fraction of sp³-hybridized carbons (Fsp3) is 0.417. The highest BCUT2D eigenvalue weighted by Crippen LogP contribution is 2.09. The Bertz CT molecular complexity index is 512. The van der Waals surface area contributed by atoms with Crippen LogP contribution in [0.25, 0.3) is 0 Å². The van der Waals surface area contributed by atoms with Crippen LogP contribution in [0, 0.1) is 0 Å². The minimum Gasteiger partial charge on any atom is -0.477 e. The molecule has 0 aliphatic heterocycles. The number of nitrogens with two attached hydrogens (primary N) is 1. The van der Waals surface area contributed by atoms with Crippen LogP contribution in [-0.4, -0.2) is 32.9 Å². The SMILES string of the molecule is CCCOc1cncc(NCCn2cc(N)cn2)n1. The van der Waals surface area contributed by atoms with Gasteiger partial charge in [0.2, 0.25) is 5.88 Å². The van der Waals surface area contributed by atoms with Gasteiger partial charge in [0.05, 0.1) is 37.4 Å². The standard InChI is InChI=1S/C12H18N6O/c1-2-5-19-12-8-14-7-11(17-12)15-3-4-18-9-10(13)6-16-18/h6-9H,2-5,13H2,1H3,(H,15,17). The zero-order valence-corrected chi connectivity index (χ0v) is 10.9. The Labute approximate surface area is 111 Å². The van der Waals surface area contributed by atoms with Gasteiger partial charge in [-0.1, -0.05) is 6.92 Å². The van der Waals surface area contributed by atoms with Crippen LogP contribution in [-0.2, 0) is 6.54 Å². The Balaban J connectivity index is 1.82. The first-order valence-electron chi connectivity index (χ1n) is 6.24. The van der Waals surface area contributed by atoms with E-state index in [1.54, 1.807) is 29.5 Å². The van der Waals surface area contributed by atoms with Gasteiger partial charge in [0.15, 0.2) is 0 Å². The summed E-state index contributed by atoms with van der Waals surface area (Å²) in [5, 5.41) is 7.26. The topological polar surface area (TPSA) is 90.9 Å². The Kier molecular flexibility index (Phi) is 4.54. The monoisotopic (exact) mass is 262 g/mol. The minimum absolute atomic E-state index is 0.537. The zero-order chi connectivity index (χ0) is 13.5. The van der Waals surface area contributed by atoms with E-state index in [1.807, 2.05) is 6.92 Å². The van der Waals surface area contributed by atoms with E-state index in [2.05, 4.69) is 20.4 Å². The summed E-state index contributed by atoms with van der Waals surface area (Å²) in [6.07, 6.45) is 7.62. The molecule has 2 aromatic rings. The van der Waals surface area contributed by atoms with Crippen LogP contribution in [0.2, 0.25) is 0 Å². The van der Waals surface area contributed by atoms with Crippen molar-refractivity contribution in [3.8, 4) is 5.88 Å². The molecule has 7 heteroatoms. The molecule has 19 heavy (non-hydrogen) atoms. The third kappa shape index (κ3) is 4.13. The van der Waals surface area contributed by atoms with Gasteiger partial charge in [-0.2, -0.15) is 10.1 Å². The van der Waals surface area contributed by atoms with Crippen molar-refractivity contribution in [3.63, 3.8) is 0 Å². The maximum atomic E-state index is 5.59. The Morgan fingerprint density at radius 2 is 2.26 bits per heavy atom. The third-order valence-corrected chi connectivity index (χ3v) is 2.37. The molecule has 7 nitrogen and oxygen atoms in total. The maximum Gasteiger partial charge on any atom is 0.234 e. The number of aromatic nitrogens is 4. The van der Waals surface area contributed by atoms with Gasteiger partial charge in [0, 0.05) is 12.7 Å². The highest BCUT2D eigenvalue weighted by Gasteiger charge is 1.99. The van der Waals surface area contributed by atoms with Gasteiger partial charge in [-0.15, -0.1) is 0 Å². The van der Waals surface area contributed by atoms with E-state index < -0.39 is 0 Å². The van der Waals surface area contributed by atoms with E-state index in [4.69, 9.17) is 10.5 Å². The average molecular weight is 262 g/mol. The molecule has 0 saturated carbocycles. The highest BCUT2D eigenvalue weighted by molar-refractivity contribution is 5.33. The smallest absolute Gasteiger partial charge is 0.234 e. The van der Waals surface area contributed by atoms with E-state index in [-0.39, 0.29) is 0 Å². The molecule has 0 aromatic carbocycles. The molecule has 0 radical (unpaired) electrons. The molecule has 2 heterocycles. The number of nitrogens with zero attached hydrogens (tertiary/aromatic N) is 4. The molecule has 2 rings (SSSR count). The number of rotatable bonds is 7. The summed E-state index contributed by atoms with van der Waals surface area (Å²) in [4.78, 5) is 8.37. The molecule has 0 aliphatic rings. The number of hydrogen-bond acceptors (Lipinski definition) is 6. The molecular formula is C12H18N6O. The normalized spacial score (nSPS) is 10.4. The second-order valence-electron chi connectivity index (χ2n) is 4.05. The van der Waals surface area contributed by atoms with Crippen LogP contribution < -0.4 is 15.8 Å². The van der Waals surface area contributed by atoms with Crippen molar-refractivity contribution < 1.29 is 4.74 Å². The van der Waals surface area contributed by atoms with Gasteiger partial charge in [-0.3, -0.25) is 9.67 Å². The average Bonchev–Trinajstić information content (AvgIpc) is 2.83. The van der Waals surface area contributed by atoms with E-state index in [0.717, 1.165) is 6.42 Å². The second kappa shape index (κ2) is 6.58. The van der Waals surface area contributed by atoms with Crippen molar-refractivity contribution in [2.75, 3.05) is 24.2 Å². The summed E-state index contributed by atoms with van der Waals surface area (Å²) in [6, 6.07) is 0. The van der Waals surface area contributed by atoms with Crippen LogP contribution in [0.15, 0.2) is 24.8 Å². The summed E-state index contributed by atoms with van der Waals surface area (Å²) in [5.41, 5.74) is 6.25. The Morgan fingerprint density at radius 3 is 3.00 bits per heavy atom. The lowest BCUT2D eigenvalue weighted by Crippen LogP contribution is -2.12. The lowest BCUT2D eigenvalue weighted by atomic mass is 10.5. The summed E-state index contributed by atoms with van der Waals surface area (Å²) >= 11 is 0. The first kappa shape index (κ1) is 13.1. The second-order valence-corrected chi connectivity index (χ2v) is 4.05. The molecule has 0 atom stereocenters. The van der Waals surface area contributed by atoms with Gasteiger partial charge < -0.3 is 15.8 Å². The fourth-order valence-corrected chi connectivity index (χ4v) is 1.51. The third-order valence-electron chi connectivity index (χ3n) is 2.37. The summed E-state index contributed by atoms with van der Waals surface area (Å²) in [6.45, 7) is 4.09. The van der Waals surface area contributed by atoms with E-state index in [9.17, 15) is 0 Å². The highest BCUT2D eigenvalue weighted by atomic mass is 16.5. The first-order valence-corrected chi connectivity index (χ1v) is 6.24. The largest absolute Gasteiger partial charge is 0.477 e. The number of nitrogen functional groups attached to an aromatic ring is 1. The van der Waals surface area contributed by atoms with Gasteiger partial charge in [0.25, 0.3) is 0 Å². The predicted molar refractivity (Wildman–Crippen MR) is 72.9 cm³/mol. The lowest BCUT2D eigenvalue weighted by molar-refractivity contribution is 0.304. The number of ether oxygens (including phenoxy) is 1.